The minimum absolute atomic E-state index is 0. The molecule has 1 N–H and O–H groups in total. The summed E-state index contributed by atoms with van der Waals surface area (Å²) in [5, 5.41) is 4.34. The summed E-state index contributed by atoms with van der Waals surface area (Å²) in [4.78, 5) is 21.6. The minimum atomic E-state index is 0. The van der Waals surface area contributed by atoms with E-state index in [0.717, 1.165) is 75.9 Å². The molecule has 0 saturated carbocycles. The number of rotatable bonds is 3. The molecule has 2 aliphatic rings. The number of aryl methyl sites for hydroxylation is 1. The maximum atomic E-state index is 12.7. The van der Waals surface area contributed by atoms with Crippen molar-refractivity contribution in [2.75, 3.05) is 44.2 Å². The molecule has 23 heavy (non-hydrogen) atoms. The summed E-state index contributed by atoms with van der Waals surface area (Å²) in [6.07, 6.45) is 3.85. The highest BCUT2D eigenvalue weighted by atomic mass is 35.5. The third-order valence-electron chi connectivity index (χ3n) is 4.54. The molecule has 0 bridgehead atoms. The fourth-order valence-corrected chi connectivity index (χ4v) is 3.97. The molecule has 1 aromatic heterocycles. The summed E-state index contributed by atoms with van der Waals surface area (Å²) in [5.41, 5.74) is 0. The van der Waals surface area contributed by atoms with E-state index in [1.165, 1.54) is 11.5 Å². The van der Waals surface area contributed by atoms with E-state index in [4.69, 9.17) is 0 Å². The zero-order valence-electron chi connectivity index (χ0n) is 13.7. The molecule has 2 aliphatic heterocycles. The summed E-state index contributed by atoms with van der Waals surface area (Å²) in [7, 11) is 0. The summed E-state index contributed by atoms with van der Waals surface area (Å²) >= 11 is 1.48. The van der Waals surface area contributed by atoms with E-state index in [1.807, 2.05) is 0 Å². The number of piperidine rings is 1. The third-order valence-corrected chi connectivity index (χ3v) is 5.35. The number of nitrogens with one attached hydrogen (secondary N) is 1. The van der Waals surface area contributed by atoms with Crippen LogP contribution in [0.15, 0.2) is 0 Å². The first-order chi connectivity index (χ1) is 10.8. The number of anilines is 1. The lowest BCUT2D eigenvalue weighted by Gasteiger charge is -2.28. The maximum Gasteiger partial charge on any atom is 0.225 e. The van der Waals surface area contributed by atoms with Gasteiger partial charge in [-0.15, -0.1) is 12.4 Å². The molecular weight excluding hydrogens is 334 g/mol. The van der Waals surface area contributed by atoms with Crippen molar-refractivity contribution in [3.05, 3.63) is 5.82 Å². The Bertz CT molecular complexity index is 506. The molecule has 0 aliphatic carbocycles. The van der Waals surface area contributed by atoms with Gasteiger partial charge in [0.15, 0.2) is 0 Å². The number of halogens is 1. The normalized spacial score (nSPS) is 20.0. The van der Waals surface area contributed by atoms with Gasteiger partial charge in [-0.1, -0.05) is 6.92 Å². The highest BCUT2D eigenvalue weighted by Crippen LogP contribution is 2.21. The van der Waals surface area contributed by atoms with Gasteiger partial charge in [-0.25, -0.2) is 4.98 Å². The fraction of sp³-hybridized carbons (Fsp3) is 0.800. The Kier molecular flexibility index (Phi) is 7.05. The molecule has 2 fully saturated rings. The second-order valence-electron chi connectivity index (χ2n) is 6.04. The summed E-state index contributed by atoms with van der Waals surface area (Å²) in [6.45, 7) is 7.54. The van der Waals surface area contributed by atoms with Crippen molar-refractivity contribution in [2.45, 2.75) is 32.6 Å². The van der Waals surface area contributed by atoms with Crippen molar-refractivity contribution in [3.63, 3.8) is 0 Å². The SMILES string of the molecule is CCc1nsc(N2CCCN(C(=O)C3CCNCC3)CC2)n1.Cl. The molecule has 0 radical (unpaired) electrons. The molecule has 6 nitrogen and oxygen atoms in total. The Balaban J connectivity index is 0.00000192. The molecule has 2 saturated heterocycles. The number of aromatic nitrogens is 2. The molecular formula is C15H26ClN5OS. The number of hydrogen-bond donors (Lipinski definition) is 1. The Morgan fingerprint density at radius 2 is 2.04 bits per heavy atom. The zero-order valence-corrected chi connectivity index (χ0v) is 15.3. The van der Waals surface area contributed by atoms with E-state index >= 15 is 0 Å². The Morgan fingerprint density at radius 1 is 1.26 bits per heavy atom. The predicted molar refractivity (Wildman–Crippen MR) is 95.5 cm³/mol. The van der Waals surface area contributed by atoms with Crippen molar-refractivity contribution in [3.8, 4) is 0 Å². The van der Waals surface area contributed by atoms with Crippen LogP contribution in [0, 0.1) is 5.92 Å². The van der Waals surface area contributed by atoms with Gasteiger partial charge in [0.2, 0.25) is 11.0 Å². The van der Waals surface area contributed by atoms with Crippen LogP contribution in [0.5, 0.6) is 0 Å². The van der Waals surface area contributed by atoms with E-state index in [9.17, 15) is 4.79 Å². The molecule has 0 atom stereocenters. The smallest absolute Gasteiger partial charge is 0.225 e. The molecule has 0 spiro atoms. The van der Waals surface area contributed by atoms with Crippen LogP contribution in [0.4, 0.5) is 5.13 Å². The van der Waals surface area contributed by atoms with Crippen LogP contribution in [0.1, 0.15) is 32.0 Å². The molecule has 130 valence electrons. The van der Waals surface area contributed by atoms with Gasteiger partial charge in [0, 0.05) is 50.1 Å². The van der Waals surface area contributed by atoms with Crippen LogP contribution >= 0.6 is 23.9 Å². The van der Waals surface area contributed by atoms with Gasteiger partial charge in [-0.2, -0.15) is 4.37 Å². The summed E-state index contributed by atoms with van der Waals surface area (Å²) in [6, 6.07) is 0. The first-order valence-corrected chi connectivity index (χ1v) is 9.12. The van der Waals surface area contributed by atoms with Crippen molar-refractivity contribution in [1.82, 2.24) is 19.6 Å². The van der Waals surface area contributed by atoms with Crippen LogP contribution in [-0.2, 0) is 11.2 Å². The molecule has 3 heterocycles. The monoisotopic (exact) mass is 359 g/mol. The molecule has 1 amide bonds. The lowest BCUT2D eigenvalue weighted by atomic mass is 9.96. The lowest BCUT2D eigenvalue weighted by molar-refractivity contribution is -0.136. The van der Waals surface area contributed by atoms with Crippen LogP contribution in [0.2, 0.25) is 0 Å². The average Bonchev–Trinajstić information content (AvgIpc) is 2.92. The Labute approximate surface area is 148 Å². The van der Waals surface area contributed by atoms with Crippen LogP contribution < -0.4 is 10.2 Å². The molecule has 8 heteroatoms. The van der Waals surface area contributed by atoms with Crippen molar-refractivity contribution < 1.29 is 4.79 Å². The van der Waals surface area contributed by atoms with Gasteiger partial charge < -0.3 is 15.1 Å². The number of carbonyl (C=O) groups is 1. The van der Waals surface area contributed by atoms with E-state index in [2.05, 4.69) is 31.4 Å². The summed E-state index contributed by atoms with van der Waals surface area (Å²) < 4.78 is 4.37. The molecule has 0 aromatic carbocycles. The van der Waals surface area contributed by atoms with E-state index in [0.29, 0.717) is 5.91 Å². The molecule has 3 rings (SSSR count). The maximum absolute atomic E-state index is 12.7. The largest absolute Gasteiger partial charge is 0.345 e. The second-order valence-corrected chi connectivity index (χ2v) is 6.77. The van der Waals surface area contributed by atoms with E-state index in [-0.39, 0.29) is 18.3 Å². The fourth-order valence-electron chi connectivity index (χ4n) is 3.17. The zero-order chi connectivity index (χ0) is 15.4. The quantitative estimate of drug-likeness (QED) is 0.887. The number of amides is 1. The van der Waals surface area contributed by atoms with Crippen molar-refractivity contribution in [1.29, 1.82) is 0 Å². The van der Waals surface area contributed by atoms with Gasteiger partial charge in [0.1, 0.15) is 5.82 Å². The van der Waals surface area contributed by atoms with Crippen molar-refractivity contribution >= 4 is 35.0 Å². The second kappa shape index (κ2) is 8.80. The highest BCUT2D eigenvalue weighted by Gasteiger charge is 2.27. The number of hydrogen-bond acceptors (Lipinski definition) is 6. The minimum Gasteiger partial charge on any atom is -0.345 e. The van der Waals surface area contributed by atoms with Crippen LogP contribution in [0.3, 0.4) is 0 Å². The first-order valence-electron chi connectivity index (χ1n) is 8.35. The molecule has 1 aromatic rings. The van der Waals surface area contributed by atoms with E-state index < -0.39 is 0 Å². The topological polar surface area (TPSA) is 61.4 Å². The van der Waals surface area contributed by atoms with E-state index in [1.54, 1.807) is 0 Å². The first kappa shape index (κ1) is 18.4. The van der Waals surface area contributed by atoms with Gasteiger partial charge in [0.05, 0.1) is 0 Å². The predicted octanol–water partition coefficient (Wildman–Crippen LogP) is 1.56. The van der Waals surface area contributed by atoms with Crippen molar-refractivity contribution in [2.24, 2.45) is 5.92 Å². The molecule has 0 unspecified atom stereocenters. The van der Waals surface area contributed by atoms with Gasteiger partial charge in [0.25, 0.3) is 0 Å². The third kappa shape index (κ3) is 4.55. The lowest BCUT2D eigenvalue weighted by Crippen LogP contribution is -2.42. The van der Waals surface area contributed by atoms with Gasteiger partial charge >= 0.3 is 0 Å². The number of carbonyl (C=O) groups excluding carboxylic acids is 1. The van der Waals surface area contributed by atoms with Crippen LogP contribution in [-0.4, -0.2) is 59.4 Å². The van der Waals surface area contributed by atoms with Gasteiger partial charge in [-0.3, -0.25) is 4.79 Å². The number of nitrogens with zero attached hydrogens (tertiary/aromatic N) is 4. The van der Waals surface area contributed by atoms with Crippen LogP contribution in [0.25, 0.3) is 0 Å². The highest BCUT2D eigenvalue weighted by molar-refractivity contribution is 7.09. The summed E-state index contributed by atoms with van der Waals surface area (Å²) in [5.74, 6) is 1.50. The standard InChI is InChI=1S/C15H25N5OS.ClH/c1-2-13-17-15(22-18-13)20-9-3-8-19(10-11-20)14(21)12-4-6-16-7-5-12;/h12,16H,2-11H2,1H3;1H. The Hall–Kier alpha value is -0.920. The van der Waals surface area contributed by atoms with Gasteiger partial charge in [-0.05, 0) is 32.4 Å². The Morgan fingerprint density at radius 3 is 2.74 bits per heavy atom. The average molecular weight is 360 g/mol.